The van der Waals surface area contributed by atoms with Crippen molar-refractivity contribution in [1.29, 1.82) is 5.26 Å². The lowest BCUT2D eigenvalue weighted by molar-refractivity contribution is -0.126. The zero-order valence-electron chi connectivity index (χ0n) is 8.17. The minimum atomic E-state index is -0.501. The maximum absolute atomic E-state index is 11.3. The van der Waals surface area contributed by atoms with Crippen LogP contribution in [0.15, 0.2) is 0 Å². The van der Waals surface area contributed by atoms with Gasteiger partial charge in [0.25, 0.3) is 0 Å². The quantitative estimate of drug-likeness (QED) is 0.607. The maximum Gasteiger partial charge on any atom is 0.237 e. The number of ketones is 1. The van der Waals surface area contributed by atoms with Crippen LogP contribution in [0.3, 0.4) is 0 Å². The number of hydrogen-bond donors (Lipinski definition) is 0. The molecule has 1 aliphatic heterocycles. The smallest absolute Gasteiger partial charge is 0.237 e. The van der Waals surface area contributed by atoms with Crippen LogP contribution < -0.4 is 0 Å². The molecule has 0 aromatic heterocycles. The Labute approximate surface area is 78.7 Å². The van der Waals surface area contributed by atoms with Gasteiger partial charge >= 0.3 is 0 Å². The van der Waals surface area contributed by atoms with Gasteiger partial charge in [-0.05, 0) is 18.8 Å². The van der Waals surface area contributed by atoms with Crippen LogP contribution in [0.2, 0.25) is 0 Å². The first-order valence-electron chi connectivity index (χ1n) is 4.61. The van der Waals surface area contributed by atoms with E-state index < -0.39 is 5.41 Å². The summed E-state index contributed by atoms with van der Waals surface area (Å²) >= 11 is 0. The van der Waals surface area contributed by atoms with Gasteiger partial charge in [0, 0.05) is 18.6 Å². The lowest BCUT2D eigenvalue weighted by Gasteiger charge is -2.33. The van der Waals surface area contributed by atoms with Crippen molar-refractivity contribution in [3.63, 3.8) is 0 Å². The van der Waals surface area contributed by atoms with Crippen molar-refractivity contribution in [3.8, 4) is 6.07 Å². The third-order valence-corrected chi connectivity index (χ3v) is 2.93. The molecule has 1 saturated heterocycles. The maximum atomic E-state index is 11.3. The normalized spacial score (nSPS) is 19.5. The third kappa shape index (κ3) is 2.07. The second-order valence-electron chi connectivity index (χ2n) is 4.05. The summed E-state index contributed by atoms with van der Waals surface area (Å²) in [5, 5.41) is 8.57. The second-order valence-corrected chi connectivity index (χ2v) is 4.05. The molecule has 3 nitrogen and oxygen atoms in total. The molecule has 0 N–H and O–H groups in total. The van der Waals surface area contributed by atoms with E-state index in [1.807, 2.05) is 13.8 Å². The molecule has 1 aliphatic rings. The Balaban J connectivity index is 2.67. The van der Waals surface area contributed by atoms with Crippen LogP contribution in [-0.4, -0.2) is 19.0 Å². The molecule has 0 radical (unpaired) electrons. The van der Waals surface area contributed by atoms with Gasteiger partial charge in [-0.25, -0.2) is 0 Å². The summed E-state index contributed by atoms with van der Waals surface area (Å²) in [5.41, 5.74) is -0.501. The zero-order chi connectivity index (χ0) is 9.90. The van der Waals surface area contributed by atoms with E-state index in [2.05, 4.69) is 0 Å². The van der Waals surface area contributed by atoms with Crippen LogP contribution in [0.4, 0.5) is 0 Å². The van der Waals surface area contributed by atoms with E-state index in [4.69, 9.17) is 10.00 Å². The average molecular weight is 181 g/mol. The predicted molar refractivity (Wildman–Crippen MR) is 47.9 cm³/mol. The molecule has 72 valence electrons. The van der Waals surface area contributed by atoms with Gasteiger partial charge in [0.05, 0.1) is 0 Å². The van der Waals surface area contributed by atoms with Crippen molar-refractivity contribution < 1.29 is 9.53 Å². The van der Waals surface area contributed by atoms with Crippen LogP contribution in [0.1, 0.15) is 26.7 Å². The van der Waals surface area contributed by atoms with Gasteiger partial charge in [0.15, 0.2) is 0 Å². The molecule has 0 saturated carbocycles. The minimum absolute atomic E-state index is 0.299. The monoisotopic (exact) mass is 181 g/mol. The molecule has 1 rings (SSSR count). The SMILES string of the molecule is CC(C)(C(=O)C#N)C1CCOCC1. The molecule has 3 heteroatoms. The molecule has 13 heavy (non-hydrogen) atoms. The number of nitriles is 1. The number of carbonyl (C=O) groups is 1. The fourth-order valence-corrected chi connectivity index (χ4v) is 1.75. The lowest BCUT2D eigenvalue weighted by Crippen LogP contribution is -2.35. The molecule has 0 aromatic rings. The van der Waals surface area contributed by atoms with Gasteiger partial charge in [-0.15, -0.1) is 0 Å². The number of nitrogens with zero attached hydrogens (tertiary/aromatic N) is 1. The van der Waals surface area contributed by atoms with Gasteiger partial charge in [-0.2, -0.15) is 5.26 Å². The second kappa shape index (κ2) is 3.89. The van der Waals surface area contributed by atoms with E-state index in [9.17, 15) is 4.79 Å². The Morgan fingerprint density at radius 3 is 2.46 bits per heavy atom. The minimum Gasteiger partial charge on any atom is -0.381 e. The summed E-state index contributed by atoms with van der Waals surface area (Å²) in [7, 11) is 0. The molecule has 1 heterocycles. The Bertz CT molecular complexity index is 234. The lowest BCUT2D eigenvalue weighted by atomic mass is 9.72. The van der Waals surface area contributed by atoms with Crippen molar-refractivity contribution >= 4 is 5.78 Å². The summed E-state index contributed by atoms with van der Waals surface area (Å²) in [6, 6.07) is 1.72. The predicted octanol–water partition coefficient (Wildman–Crippen LogP) is 1.53. The van der Waals surface area contributed by atoms with Gasteiger partial charge in [-0.1, -0.05) is 13.8 Å². The number of ether oxygens (including phenoxy) is 1. The van der Waals surface area contributed by atoms with Crippen LogP contribution in [0.5, 0.6) is 0 Å². The summed E-state index contributed by atoms with van der Waals surface area (Å²) in [4.78, 5) is 11.3. The molecule has 0 bridgehead atoms. The fraction of sp³-hybridized carbons (Fsp3) is 0.800. The van der Waals surface area contributed by atoms with Crippen LogP contribution in [0.25, 0.3) is 0 Å². The highest BCUT2D eigenvalue weighted by Gasteiger charge is 2.37. The van der Waals surface area contributed by atoms with Crippen molar-refractivity contribution in [1.82, 2.24) is 0 Å². The molecule has 0 spiro atoms. The molecule has 0 atom stereocenters. The van der Waals surface area contributed by atoms with Gasteiger partial charge in [0.2, 0.25) is 5.78 Å². The summed E-state index contributed by atoms with van der Waals surface area (Å²) in [5.74, 6) is -0.00667. The first-order valence-corrected chi connectivity index (χ1v) is 4.61. The van der Waals surface area contributed by atoms with Crippen LogP contribution in [0, 0.1) is 22.7 Å². The van der Waals surface area contributed by atoms with Gasteiger partial charge in [0.1, 0.15) is 6.07 Å². The molecular formula is C10H15NO2. The number of carbonyl (C=O) groups excluding carboxylic acids is 1. The van der Waals surface area contributed by atoms with Crippen LogP contribution >= 0.6 is 0 Å². The first-order chi connectivity index (χ1) is 6.09. The standard InChI is InChI=1S/C10H15NO2/c1-10(2,9(12)7-11)8-3-5-13-6-4-8/h8H,3-6H2,1-2H3. The Morgan fingerprint density at radius 2 is 2.00 bits per heavy atom. The molecular weight excluding hydrogens is 166 g/mol. The van der Waals surface area contributed by atoms with Crippen molar-refractivity contribution in [3.05, 3.63) is 0 Å². The van der Waals surface area contributed by atoms with Crippen molar-refractivity contribution in [2.75, 3.05) is 13.2 Å². The molecule has 0 amide bonds. The number of Topliss-reactive ketones (excluding diaryl/α,β-unsaturated/α-hetero) is 1. The van der Waals surface area contributed by atoms with E-state index in [1.165, 1.54) is 0 Å². The number of rotatable bonds is 2. The highest BCUT2D eigenvalue weighted by molar-refractivity contribution is 5.97. The Morgan fingerprint density at radius 1 is 1.46 bits per heavy atom. The fourth-order valence-electron chi connectivity index (χ4n) is 1.75. The summed E-state index contributed by atoms with van der Waals surface area (Å²) in [6.45, 7) is 5.14. The highest BCUT2D eigenvalue weighted by atomic mass is 16.5. The Hall–Kier alpha value is -0.880. The zero-order valence-corrected chi connectivity index (χ0v) is 8.17. The molecule has 0 aliphatic carbocycles. The van der Waals surface area contributed by atoms with E-state index in [0.29, 0.717) is 19.1 Å². The average Bonchev–Trinajstić information content (AvgIpc) is 2.18. The Kier molecular flexibility index (Phi) is 3.05. The topological polar surface area (TPSA) is 50.1 Å². The van der Waals surface area contributed by atoms with E-state index >= 15 is 0 Å². The first kappa shape index (κ1) is 10.2. The van der Waals surface area contributed by atoms with Crippen LogP contribution in [-0.2, 0) is 9.53 Å². The largest absolute Gasteiger partial charge is 0.381 e. The van der Waals surface area contributed by atoms with E-state index in [1.54, 1.807) is 6.07 Å². The van der Waals surface area contributed by atoms with Gasteiger partial charge in [-0.3, -0.25) is 4.79 Å². The van der Waals surface area contributed by atoms with Crippen molar-refractivity contribution in [2.45, 2.75) is 26.7 Å². The third-order valence-electron chi connectivity index (χ3n) is 2.93. The molecule has 1 fully saturated rings. The van der Waals surface area contributed by atoms with E-state index in [0.717, 1.165) is 12.8 Å². The van der Waals surface area contributed by atoms with E-state index in [-0.39, 0.29) is 5.78 Å². The molecule has 0 unspecified atom stereocenters. The van der Waals surface area contributed by atoms with Gasteiger partial charge < -0.3 is 4.74 Å². The molecule has 0 aromatic carbocycles. The number of hydrogen-bond acceptors (Lipinski definition) is 3. The summed E-state index contributed by atoms with van der Waals surface area (Å²) in [6.07, 6.45) is 1.78. The van der Waals surface area contributed by atoms with Crippen molar-refractivity contribution in [2.24, 2.45) is 11.3 Å². The highest BCUT2D eigenvalue weighted by Crippen LogP contribution is 2.34. The summed E-state index contributed by atoms with van der Waals surface area (Å²) < 4.78 is 5.21.